The van der Waals surface area contributed by atoms with Gasteiger partial charge in [0.1, 0.15) is 0 Å². The number of aromatic nitrogens is 1. The Morgan fingerprint density at radius 1 is 1.08 bits per heavy atom. The van der Waals surface area contributed by atoms with Crippen LogP contribution in [0, 0.1) is 0 Å². The molecule has 0 atom stereocenters. The molecule has 0 bridgehead atoms. The number of carbonyl (C=O) groups excluding carboxylic acids is 2. The SMILES string of the molecule is O=C(/C=C/c1ccccc1)NCC(=O)Nc1cccc(-c2cnco2)c1. The minimum absolute atomic E-state index is 0.121. The fourth-order valence-electron chi connectivity index (χ4n) is 2.28. The molecule has 0 aliphatic carbocycles. The highest BCUT2D eigenvalue weighted by Gasteiger charge is 2.06. The van der Waals surface area contributed by atoms with Gasteiger partial charge in [-0.15, -0.1) is 0 Å². The van der Waals surface area contributed by atoms with E-state index in [-0.39, 0.29) is 18.4 Å². The summed E-state index contributed by atoms with van der Waals surface area (Å²) in [6.45, 7) is -0.121. The third-order valence-corrected chi connectivity index (χ3v) is 3.51. The lowest BCUT2D eigenvalue weighted by Crippen LogP contribution is -2.31. The van der Waals surface area contributed by atoms with E-state index in [9.17, 15) is 9.59 Å². The van der Waals surface area contributed by atoms with Crippen LogP contribution in [0.4, 0.5) is 5.69 Å². The van der Waals surface area contributed by atoms with Gasteiger partial charge in [-0.05, 0) is 23.8 Å². The normalized spacial score (nSPS) is 10.6. The van der Waals surface area contributed by atoms with Crippen LogP contribution in [0.1, 0.15) is 5.56 Å². The predicted molar refractivity (Wildman–Crippen MR) is 99.1 cm³/mol. The molecular weight excluding hydrogens is 330 g/mol. The second-order valence-corrected chi connectivity index (χ2v) is 5.46. The first kappa shape index (κ1) is 17.2. The molecule has 2 aromatic carbocycles. The molecule has 0 spiro atoms. The van der Waals surface area contributed by atoms with Crippen molar-refractivity contribution in [3.05, 3.63) is 78.8 Å². The molecule has 3 aromatic rings. The Kier molecular flexibility index (Phi) is 5.57. The van der Waals surface area contributed by atoms with Gasteiger partial charge in [-0.1, -0.05) is 42.5 Å². The van der Waals surface area contributed by atoms with Gasteiger partial charge in [0.05, 0.1) is 12.7 Å². The van der Waals surface area contributed by atoms with E-state index in [4.69, 9.17) is 4.42 Å². The molecule has 1 aromatic heterocycles. The van der Waals surface area contributed by atoms with Crippen molar-refractivity contribution in [3.63, 3.8) is 0 Å². The monoisotopic (exact) mass is 347 g/mol. The number of carbonyl (C=O) groups is 2. The van der Waals surface area contributed by atoms with E-state index < -0.39 is 0 Å². The van der Waals surface area contributed by atoms with Gasteiger partial charge >= 0.3 is 0 Å². The number of rotatable bonds is 6. The number of amides is 2. The van der Waals surface area contributed by atoms with E-state index in [0.29, 0.717) is 11.4 Å². The van der Waals surface area contributed by atoms with Crippen molar-refractivity contribution >= 4 is 23.6 Å². The predicted octanol–water partition coefficient (Wildman–Crippen LogP) is 3.11. The Morgan fingerprint density at radius 2 is 1.92 bits per heavy atom. The fraction of sp³-hybridized carbons (Fsp3) is 0.0500. The zero-order chi connectivity index (χ0) is 18.2. The molecule has 0 unspecified atom stereocenters. The molecule has 2 N–H and O–H groups in total. The van der Waals surface area contributed by atoms with E-state index in [2.05, 4.69) is 15.6 Å². The van der Waals surface area contributed by atoms with Gasteiger partial charge in [0.2, 0.25) is 11.8 Å². The molecule has 0 saturated carbocycles. The molecule has 0 aliphatic heterocycles. The maximum Gasteiger partial charge on any atom is 0.244 e. The highest BCUT2D eigenvalue weighted by Crippen LogP contribution is 2.21. The Balaban J connectivity index is 1.50. The van der Waals surface area contributed by atoms with Gasteiger partial charge in [0.15, 0.2) is 12.2 Å². The maximum absolute atomic E-state index is 12.0. The second-order valence-electron chi connectivity index (χ2n) is 5.46. The summed E-state index contributed by atoms with van der Waals surface area (Å²) in [5, 5.41) is 5.28. The zero-order valence-electron chi connectivity index (χ0n) is 13.9. The summed E-state index contributed by atoms with van der Waals surface area (Å²) in [6, 6.07) is 16.6. The average molecular weight is 347 g/mol. The van der Waals surface area contributed by atoms with Crippen molar-refractivity contribution in [1.29, 1.82) is 0 Å². The van der Waals surface area contributed by atoms with E-state index in [1.807, 2.05) is 36.4 Å². The first-order valence-corrected chi connectivity index (χ1v) is 8.00. The van der Waals surface area contributed by atoms with Gasteiger partial charge in [0, 0.05) is 17.3 Å². The topological polar surface area (TPSA) is 84.2 Å². The number of hydrogen-bond acceptors (Lipinski definition) is 4. The number of benzene rings is 2. The summed E-state index contributed by atoms with van der Waals surface area (Å²) in [4.78, 5) is 27.7. The molecule has 1 heterocycles. The molecule has 26 heavy (non-hydrogen) atoms. The van der Waals surface area contributed by atoms with Crippen molar-refractivity contribution in [2.75, 3.05) is 11.9 Å². The summed E-state index contributed by atoms with van der Waals surface area (Å²) in [5.74, 6) is -0.0407. The highest BCUT2D eigenvalue weighted by atomic mass is 16.3. The molecule has 0 radical (unpaired) electrons. The van der Waals surface area contributed by atoms with E-state index in [0.717, 1.165) is 11.1 Å². The van der Waals surface area contributed by atoms with Crippen LogP contribution in [-0.4, -0.2) is 23.3 Å². The molecule has 2 amide bonds. The Labute approximate surface area is 150 Å². The third kappa shape index (κ3) is 4.91. The van der Waals surface area contributed by atoms with Gasteiger partial charge in [-0.2, -0.15) is 0 Å². The van der Waals surface area contributed by atoms with Crippen molar-refractivity contribution in [1.82, 2.24) is 10.3 Å². The second kappa shape index (κ2) is 8.43. The van der Waals surface area contributed by atoms with Crippen LogP contribution in [0.5, 0.6) is 0 Å². The van der Waals surface area contributed by atoms with E-state index >= 15 is 0 Å². The quantitative estimate of drug-likeness (QED) is 0.671. The third-order valence-electron chi connectivity index (χ3n) is 3.51. The minimum Gasteiger partial charge on any atom is -0.444 e. The molecule has 0 aliphatic rings. The van der Waals surface area contributed by atoms with Gasteiger partial charge in [-0.25, -0.2) is 4.98 Å². The van der Waals surface area contributed by atoms with Gasteiger partial charge in [-0.3, -0.25) is 9.59 Å². The summed E-state index contributed by atoms with van der Waals surface area (Å²) >= 11 is 0. The van der Waals surface area contributed by atoms with Crippen LogP contribution in [0.25, 0.3) is 17.4 Å². The highest BCUT2D eigenvalue weighted by molar-refractivity contribution is 5.98. The number of anilines is 1. The van der Waals surface area contributed by atoms with Crippen LogP contribution in [0.2, 0.25) is 0 Å². The summed E-state index contributed by atoms with van der Waals surface area (Å²) in [6.07, 6.45) is 6.03. The van der Waals surface area contributed by atoms with Crippen LogP contribution in [0.3, 0.4) is 0 Å². The lowest BCUT2D eigenvalue weighted by atomic mass is 10.1. The summed E-state index contributed by atoms with van der Waals surface area (Å²) in [5.41, 5.74) is 2.32. The lowest BCUT2D eigenvalue weighted by molar-refractivity contribution is -0.121. The van der Waals surface area contributed by atoms with Crippen LogP contribution in [0.15, 0.2) is 77.7 Å². The van der Waals surface area contributed by atoms with E-state index in [1.54, 1.807) is 30.5 Å². The molecule has 6 nitrogen and oxygen atoms in total. The summed E-state index contributed by atoms with van der Waals surface area (Å²) in [7, 11) is 0. The minimum atomic E-state index is -0.334. The van der Waals surface area contributed by atoms with Crippen molar-refractivity contribution in [3.8, 4) is 11.3 Å². The molecule has 130 valence electrons. The number of nitrogens with zero attached hydrogens (tertiary/aromatic N) is 1. The fourth-order valence-corrected chi connectivity index (χ4v) is 2.28. The Hall–Kier alpha value is -3.67. The zero-order valence-corrected chi connectivity index (χ0v) is 13.9. The molecule has 0 fully saturated rings. The largest absolute Gasteiger partial charge is 0.444 e. The van der Waals surface area contributed by atoms with Gasteiger partial charge in [0.25, 0.3) is 0 Å². The van der Waals surface area contributed by atoms with E-state index in [1.165, 1.54) is 12.5 Å². The smallest absolute Gasteiger partial charge is 0.244 e. The number of hydrogen-bond donors (Lipinski definition) is 2. The lowest BCUT2D eigenvalue weighted by Gasteiger charge is -2.07. The maximum atomic E-state index is 12.0. The first-order valence-electron chi connectivity index (χ1n) is 8.00. The number of oxazole rings is 1. The Morgan fingerprint density at radius 3 is 2.69 bits per heavy atom. The van der Waals surface area contributed by atoms with Gasteiger partial charge < -0.3 is 15.1 Å². The molecule has 3 rings (SSSR count). The molecule has 0 saturated heterocycles. The standard InChI is InChI=1S/C20H17N3O3/c24-19(10-9-15-5-2-1-3-6-15)22-13-20(25)23-17-8-4-7-16(11-17)18-12-21-14-26-18/h1-12,14H,13H2,(H,22,24)(H,23,25)/b10-9+. The van der Waals surface area contributed by atoms with Crippen molar-refractivity contribution < 1.29 is 14.0 Å². The summed E-state index contributed by atoms with van der Waals surface area (Å²) < 4.78 is 5.23. The average Bonchev–Trinajstić information content (AvgIpc) is 3.21. The van der Waals surface area contributed by atoms with Crippen molar-refractivity contribution in [2.45, 2.75) is 0 Å². The molecule has 6 heteroatoms. The van der Waals surface area contributed by atoms with Crippen molar-refractivity contribution in [2.24, 2.45) is 0 Å². The number of nitrogens with one attached hydrogen (secondary N) is 2. The van der Waals surface area contributed by atoms with Crippen LogP contribution < -0.4 is 10.6 Å². The Bertz CT molecular complexity index is 903. The van der Waals surface area contributed by atoms with Crippen LogP contribution in [-0.2, 0) is 9.59 Å². The first-order chi connectivity index (χ1) is 12.7. The van der Waals surface area contributed by atoms with Crippen LogP contribution >= 0.6 is 0 Å². The molecular formula is C20H17N3O3.